The second-order valence-corrected chi connectivity index (χ2v) is 3.99. The van der Waals surface area contributed by atoms with Gasteiger partial charge in [-0.1, -0.05) is 0 Å². The zero-order valence-electron chi connectivity index (χ0n) is 8.28. The van der Waals surface area contributed by atoms with Crippen LogP contribution in [-0.2, 0) is 18.9 Å². The third-order valence-corrected chi connectivity index (χ3v) is 2.17. The van der Waals surface area contributed by atoms with E-state index in [1.807, 2.05) is 20.8 Å². The standard InChI is InChI=1S/C9H16O4/c1-6-8(12-6)10-4-7-5-11-9(2,3)13-7/h6-8H,4-5H2,1-3H3. The van der Waals surface area contributed by atoms with E-state index in [0.717, 1.165) is 0 Å². The van der Waals surface area contributed by atoms with E-state index in [4.69, 9.17) is 18.9 Å². The van der Waals surface area contributed by atoms with Crippen molar-refractivity contribution in [2.75, 3.05) is 13.2 Å². The summed E-state index contributed by atoms with van der Waals surface area (Å²) in [6.45, 7) is 6.96. The zero-order valence-corrected chi connectivity index (χ0v) is 8.28. The summed E-state index contributed by atoms with van der Waals surface area (Å²) in [5.74, 6) is -0.454. The predicted octanol–water partition coefficient (Wildman–Crippen LogP) is 0.899. The van der Waals surface area contributed by atoms with Crippen LogP contribution in [0.3, 0.4) is 0 Å². The summed E-state index contributed by atoms with van der Waals surface area (Å²) in [6, 6.07) is 0. The van der Waals surface area contributed by atoms with Crippen molar-refractivity contribution in [1.29, 1.82) is 0 Å². The summed E-state index contributed by atoms with van der Waals surface area (Å²) in [6.07, 6.45) is 0.272. The summed E-state index contributed by atoms with van der Waals surface area (Å²) >= 11 is 0. The SMILES string of the molecule is CC1OC1OCC1COC(C)(C)O1. The Bertz CT molecular complexity index is 192. The Morgan fingerprint density at radius 2 is 2.15 bits per heavy atom. The van der Waals surface area contributed by atoms with Crippen molar-refractivity contribution in [3.63, 3.8) is 0 Å². The van der Waals surface area contributed by atoms with Crippen LogP contribution in [0.2, 0.25) is 0 Å². The first-order chi connectivity index (χ1) is 6.07. The van der Waals surface area contributed by atoms with Crippen molar-refractivity contribution in [1.82, 2.24) is 0 Å². The van der Waals surface area contributed by atoms with Gasteiger partial charge in [0.2, 0.25) is 0 Å². The molecule has 3 atom stereocenters. The van der Waals surface area contributed by atoms with Crippen molar-refractivity contribution in [3.05, 3.63) is 0 Å². The number of epoxide rings is 1. The van der Waals surface area contributed by atoms with Crippen LogP contribution < -0.4 is 0 Å². The molecule has 0 aromatic carbocycles. The minimum Gasteiger partial charge on any atom is -0.348 e. The molecule has 0 amide bonds. The monoisotopic (exact) mass is 188 g/mol. The van der Waals surface area contributed by atoms with Crippen LogP contribution in [0.25, 0.3) is 0 Å². The Labute approximate surface area is 78.1 Å². The molecule has 2 fully saturated rings. The van der Waals surface area contributed by atoms with E-state index in [1.165, 1.54) is 0 Å². The van der Waals surface area contributed by atoms with E-state index in [2.05, 4.69) is 0 Å². The molecule has 0 aromatic heterocycles. The molecule has 2 aliphatic heterocycles. The van der Waals surface area contributed by atoms with Gasteiger partial charge in [0.25, 0.3) is 0 Å². The molecule has 0 aromatic rings. The fourth-order valence-corrected chi connectivity index (χ4v) is 1.39. The van der Waals surface area contributed by atoms with Crippen LogP contribution in [0.5, 0.6) is 0 Å². The minimum atomic E-state index is -0.454. The molecular weight excluding hydrogens is 172 g/mol. The molecule has 0 spiro atoms. The lowest BCUT2D eigenvalue weighted by molar-refractivity contribution is -0.147. The molecule has 0 bridgehead atoms. The molecule has 3 unspecified atom stereocenters. The van der Waals surface area contributed by atoms with Gasteiger partial charge in [-0.05, 0) is 20.8 Å². The molecule has 4 nitrogen and oxygen atoms in total. The molecule has 2 aliphatic rings. The molecule has 2 saturated heterocycles. The van der Waals surface area contributed by atoms with E-state index in [9.17, 15) is 0 Å². The average molecular weight is 188 g/mol. The summed E-state index contributed by atoms with van der Waals surface area (Å²) in [7, 11) is 0. The van der Waals surface area contributed by atoms with Gasteiger partial charge in [0.05, 0.1) is 13.2 Å². The van der Waals surface area contributed by atoms with Crippen LogP contribution in [-0.4, -0.2) is 37.5 Å². The Morgan fingerprint density at radius 1 is 1.46 bits per heavy atom. The van der Waals surface area contributed by atoms with Crippen LogP contribution >= 0.6 is 0 Å². The van der Waals surface area contributed by atoms with Gasteiger partial charge >= 0.3 is 0 Å². The molecule has 76 valence electrons. The lowest BCUT2D eigenvalue weighted by Crippen LogP contribution is -2.24. The highest BCUT2D eigenvalue weighted by atomic mass is 16.8. The molecule has 0 radical (unpaired) electrons. The van der Waals surface area contributed by atoms with Gasteiger partial charge in [0, 0.05) is 0 Å². The highest BCUT2D eigenvalue weighted by Gasteiger charge is 2.38. The molecule has 4 heteroatoms. The largest absolute Gasteiger partial charge is 0.348 e. The second-order valence-electron chi connectivity index (χ2n) is 3.99. The Hall–Kier alpha value is -0.160. The van der Waals surface area contributed by atoms with Crippen molar-refractivity contribution in [3.8, 4) is 0 Å². The third-order valence-electron chi connectivity index (χ3n) is 2.17. The van der Waals surface area contributed by atoms with Crippen molar-refractivity contribution < 1.29 is 18.9 Å². The molecule has 0 N–H and O–H groups in total. The summed E-state index contributed by atoms with van der Waals surface area (Å²) in [5.41, 5.74) is 0. The van der Waals surface area contributed by atoms with Gasteiger partial charge in [-0.25, -0.2) is 0 Å². The molecule has 13 heavy (non-hydrogen) atoms. The first-order valence-corrected chi connectivity index (χ1v) is 4.66. The van der Waals surface area contributed by atoms with E-state index >= 15 is 0 Å². The summed E-state index contributed by atoms with van der Waals surface area (Å²) in [5, 5.41) is 0. The zero-order chi connectivity index (χ0) is 9.47. The molecule has 2 heterocycles. The van der Waals surface area contributed by atoms with Gasteiger partial charge in [-0.15, -0.1) is 0 Å². The second kappa shape index (κ2) is 3.20. The molecule has 2 rings (SSSR count). The van der Waals surface area contributed by atoms with Crippen LogP contribution in [0, 0.1) is 0 Å². The molecular formula is C9H16O4. The topological polar surface area (TPSA) is 40.2 Å². The first-order valence-electron chi connectivity index (χ1n) is 4.66. The fraction of sp³-hybridized carbons (Fsp3) is 1.00. The van der Waals surface area contributed by atoms with Gasteiger partial charge in [-0.2, -0.15) is 0 Å². The highest BCUT2D eigenvalue weighted by Crippen LogP contribution is 2.26. The average Bonchev–Trinajstić information content (AvgIpc) is 2.62. The normalized spacial score (nSPS) is 42.2. The van der Waals surface area contributed by atoms with Crippen molar-refractivity contribution >= 4 is 0 Å². The van der Waals surface area contributed by atoms with E-state index in [-0.39, 0.29) is 18.5 Å². The highest BCUT2D eigenvalue weighted by molar-refractivity contribution is 4.74. The maximum Gasteiger partial charge on any atom is 0.184 e. The van der Waals surface area contributed by atoms with Crippen LogP contribution in [0.1, 0.15) is 20.8 Å². The number of rotatable bonds is 3. The summed E-state index contributed by atoms with van der Waals surface area (Å²) in [4.78, 5) is 0. The lowest BCUT2D eigenvalue weighted by atomic mass is 10.4. The summed E-state index contributed by atoms with van der Waals surface area (Å²) < 4.78 is 21.5. The van der Waals surface area contributed by atoms with Gasteiger partial charge in [-0.3, -0.25) is 0 Å². The Morgan fingerprint density at radius 3 is 2.62 bits per heavy atom. The van der Waals surface area contributed by atoms with Gasteiger partial charge < -0.3 is 18.9 Å². The first kappa shape index (κ1) is 9.40. The molecule has 0 aliphatic carbocycles. The molecule has 0 saturated carbocycles. The van der Waals surface area contributed by atoms with Gasteiger partial charge in [0.1, 0.15) is 12.2 Å². The predicted molar refractivity (Wildman–Crippen MR) is 45.2 cm³/mol. The number of ether oxygens (including phenoxy) is 4. The van der Waals surface area contributed by atoms with E-state index in [1.54, 1.807) is 0 Å². The van der Waals surface area contributed by atoms with Crippen molar-refractivity contribution in [2.24, 2.45) is 0 Å². The maximum absolute atomic E-state index is 5.56. The van der Waals surface area contributed by atoms with E-state index in [0.29, 0.717) is 13.2 Å². The van der Waals surface area contributed by atoms with Crippen LogP contribution in [0.15, 0.2) is 0 Å². The fourth-order valence-electron chi connectivity index (χ4n) is 1.39. The van der Waals surface area contributed by atoms with Crippen molar-refractivity contribution in [2.45, 2.75) is 45.1 Å². The van der Waals surface area contributed by atoms with E-state index < -0.39 is 5.79 Å². The maximum atomic E-state index is 5.56. The number of hydrogen-bond acceptors (Lipinski definition) is 4. The van der Waals surface area contributed by atoms with Crippen LogP contribution in [0.4, 0.5) is 0 Å². The minimum absolute atomic E-state index is 0.0210. The third kappa shape index (κ3) is 2.40. The Kier molecular flexibility index (Phi) is 2.32. The smallest absolute Gasteiger partial charge is 0.184 e. The quantitative estimate of drug-likeness (QED) is 0.617. The Balaban J connectivity index is 1.66. The lowest BCUT2D eigenvalue weighted by Gasteiger charge is -2.16. The number of hydrogen-bond donors (Lipinski definition) is 0. The van der Waals surface area contributed by atoms with Gasteiger partial charge in [0.15, 0.2) is 12.1 Å².